The number of anilines is 1. The number of amides is 2. The van der Waals surface area contributed by atoms with Crippen molar-refractivity contribution >= 4 is 23.5 Å². The number of hydrogen-bond donors (Lipinski definition) is 1. The number of para-hydroxylation sites is 1. The fourth-order valence-electron chi connectivity index (χ4n) is 2.92. The highest BCUT2D eigenvalue weighted by atomic mass is 16.5. The number of aryl methyl sites for hydroxylation is 1. The highest BCUT2D eigenvalue weighted by Crippen LogP contribution is 2.26. The maximum atomic E-state index is 12.5. The summed E-state index contributed by atoms with van der Waals surface area (Å²) < 4.78 is 10.3. The molecule has 0 fully saturated rings. The summed E-state index contributed by atoms with van der Waals surface area (Å²) >= 11 is 0. The minimum Gasteiger partial charge on any atom is -0.484 e. The molecule has 0 bridgehead atoms. The van der Waals surface area contributed by atoms with Crippen LogP contribution in [0.2, 0.25) is 0 Å². The van der Waals surface area contributed by atoms with Crippen LogP contribution in [0.5, 0.6) is 5.75 Å². The SMILES string of the molecule is NC(=O)COc1ccc(C(=O)OCC(=O)N2CCCc3ccccc32)cc1. The van der Waals surface area contributed by atoms with Crippen LogP contribution >= 0.6 is 0 Å². The Kier molecular flexibility index (Phi) is 5.71. The van der Waals surface area contributed by atoms with E-state index in [0.29, 0.717) is 12.3 Å². The highest BCUT2D eigenvalue weighted by molar-refractivity contribution is 5.98. The Hall–Kier alpha value is -3.35. The third-order valence-electron chi connectivity index (χ3n) is 4.21. The van der Waals surface area contributed by atoms with Gasteiger partial charge in [-0.1, -0.05) is 18.2 Å². The number of primary amides is 1. The lowest BCUT2D eigenvalue weighted by atomic mass is 10.0. The average molecular weight is 368 g/mol. The molecule has 2 aromatic carbocycles. The molecule has 0 aliphatic carbocycles. The van der Waals surface area contributed by atoms with Crippen LogP contribution in [0.3, 0.4) is 0 Å². The van der Waals surface area contributed by atoms with Gasteiger partial charge in [-0.25, -0.2) is 4.79 Å². The van der Waals surface area contributed by atoms with Crippen LogP contribution in [0.4, 0.5) is 5.69 Å². The van der Waals surface area contributed by atoms with Crippen LogP contribution in [-0.2, 0) is 20.7 Å². The van der Waals surface area contributed by atoms with Crippen LogP contribution in [0.25, 0.3) is 0 Å². The van der Waals surface area contributed by atoms with Crippen molar-refractivity contribution in [2.45, 2.75) is 12.8 Å². The van der Waals surface area contributed by atoms with Crippen LogP contribution in [0, 0.1) is 0 Å². The molecule has 0 saturated carbocycles. The summed E-state index contributed by atoms with van der Waals surface area (Å²) in [5.74, 6) is -1.03. The van der Waals surface area contributed by atoms with Crippen molar-refractivity contribution in [2.24, 2.45) is 5.73 Å². The fourth-order valence-corrected chi connectivity index (χ4v) is 2.92. The molecule has 1 aliphatic heterocycles. The molecule has 3 rings (SSSR count). The van der Waals surface area contributed by atoms with Gasteiger partial charge in [0.1, 0.15) is 5.75 Å². The van der Waals surface area contributed by atoms with Gasteiger partial charge in [0.2, 0.25) is 0 Å². The van der Waals surface area contributed by atoms with Crippen molar-refractivity contribution in [2.75, 3.05) is 24.7 Å². The van der Waals surface area contributed by atoms with Gasteiger partial charge in [0.15, 0.2) is 13.2 Å². The van der Waals surface area contributed by atoms with E-state index in [1.165, 1.54) is 24.3 Å². The molecule has 7 nitrogen and oxygen atoms in total. The lowest BCUT2D eigenvalue weighted by molar-refractivity contribution is -0.122. The molecule has 27 heavy (non-hydrogen) atoms. The predicted molar refractivity (Wildman–Crippen MR) is 98.5 cm³/mol. The molecule has 1 aliphatic rings. The summed E-state index contributed by atoms with van der Waals surface area (Å²) in [6.45, 7) is 0.0436. The lowest BCUT2D eigenvalue weighted by Crippen LogP contribution is -2.38. The average Bonchev–Trinajstić information content (AvgIpc) is 2.70. The van der Waals surface area contributed by atoms with Gasteiger partial charge in [0, 0.05) is 12.2 Å². The van der Waals surface area contributed by atoms with Crippen molar-refractivity contribution in [3.05, 3.63) is 59.7 Å². The number of esters is 1. The van der Waals surface area contributed by atoms with Crippen LogP contribution < -0.4 is 15.4 Å². The Morgan fingerprint density at radius 1 is 1.00 bits per heavy atom. The van der Waals surface area contributed by atoms with Crippen molar-refractivity contribution in [3.8, 4) is 5.75 Å². The van der Waals surface area contributed by atoms with Crippen LogP contribution in [0.1, 0.15) is 22.3 Å². The van der Waals surface area contributed by atoms with Gasteiger partial charge in [-0.05, 0) is 48.7 Å². The van der Waals surface area contributed by atoms with Gasteiger partial charge in [0.25, 0.3) is 11.8 Å². The molecular weight excluding hydrogens is 348 g/mol. The molecule has 2 aromatic rings. The maximum Gasteiger partial charge on any atom is 0.338 e. The Labute approximate surface area is 156 Å². The normalized spacial score (nSPS) is 12.8. The second kappa shape index (κ2) is 8.35. The molecule has 2 amide bonds. The van der Waals surface area contributed by atoms with E-state index in [2.05, 4.69) is 0 Å². The molecule has 140 valence electrons. The molecule has 0 spiro atoms. The zero-order valence-electron chi connectivity index (χ0n) is 14.7. The third-order valence-corrected chi connectivity index (χ3v) is 4.21. The van der Waals surface area contributed by atoms with Gasteiger partial charge < -0.3 is 20.1 Å². The zero-order valence-corrected chi connectivity index (χ0v) is 14.7. The number of benzene rings is 2. The Morgan fingerprint density at radius 3 is 2.48 bits per heavy atom. The monoisotopic (exact) mass is 368 g/mol. The topological polar surface area (TPSA) is 98.9 Å². The van der Waals surface area contributed by atoms with Crippen LogP contribution in [-0.4, -0.2) is 37.5 Å². The number of fused-ring (bicyclic) bond motifs is 1. The highest BCUT2D eigenvalue weighted by Gasteiger charge is 2.23. The molecule has 2 N–H and O–H groups in total. The second-order valence-electron chi connectivity index (χ2n) is 6.13. The summed E-state index contributed by atoms with van der Waals surface area (Å²) in [6, 6.07) is 13.8. The standard InChI is InChI=1S/C20H20N2O5/c21-18(23)12-26-16-9-7-15(8-10-16)20(25)27-13-19(24)22-11-3-5-14-4-1-2-6-17(14)22/h1-2,4,6-10H,3,5,11-13H2,(H2,21,23). The maximum absolute atomic E-state index is 12.5. The predicted octanol–water partition coefficient (Wildman–Crippen LogP) is 1.69. The summed E-state index contributed by atoms with van der Waals surface area (Å²) in [7, 11) is 0. The van der Waals surface area contributed by atoms with Crippen molar-refractivity contribution in [1.29, 1.82) is 0 Å². The van der Waals surface area contributed by atoms with Gasteiger partial charge in [-0.15, -0.1) is 0 Å². The van der Waals surface area contributed by atoms with E-state index in [4.69, 9.17) is 15.2 Å². The molecular formula is C20H20N2O5. The van der Waals surface area contributed by atoms with E-state index in [1.54, 1.807) is 4.90 Å². The number of ether oxygens (including phenoxy) is 2. The number of carbonyl (C=O) groups excluding carboxylic acids is 3. The summed E-state index contributed by atoms with van der Waals surface area (Å²) in [5.41, 5.74) is 7.29. The number of nitrogens with two attached hydrogens (primary N) is 1. The first-order valence-corrected chi connectivity index (χ1v) is 8.61. The molecule has 0 atom stereocenters. The van der Waals surface area contributed by atoms with E-state index < -0.39 is 11.9 Å². The first-order valence-electron chi connectivity index (χ1n) is 8.61. The quantitative estimate of drug-likeness (QED) is 0.782. The Balaban J connectivity index is 1.56. The van der Waals surface area contributed by atoms with Crippen molar-refractivity contribution < 1.29 is 23.9 Å². The summed E-state index contributed by atoms with van der Waals surface area (Å²) in [4.78, 5) is 37.0. The smallest absolute Gasteiger partial charge is 0.338 e. The molecule has 1 heterocycles. The molecule has 0 aromatic heterocycles. The first kappa shape index (κ1) is 18.4. The van der Waals surface area contributed by atoms with E-state index >= 15 is 0 Å². The van der Waals surface area contributed by atoms with Crippen LogP contribution in [0.15, 0.2) is 48.5 Å². The van der Waals surface area contributed by atoms with E-state index in [-0.39, 0.29) is 24.7 Å². The number of rotatable bonds is 6. The Morgan fingerprint density at radius 2 is 1.74 bits per heavy atom. The summed E-state index contributed by atoms with van der Waals surface area (Å²) in [5, 5.41) is 0. The molecule has 0 unspecified atom stereocenters. The van der Waals surface area contributed by atoms with Gasteiger partial charge >= 0.3 is 5.97 Å². The van der Waals surface area contributed by atoms with E-state index in [1.807, 2.05) is 24.3 Å². The number of hydrogen-bond acceptors (Lipinski definition) is 5. The zero-order chi connectivity index (χ0) is 19.2. The minimum atomic E-state index is -0.602. The number of carbonyl (C=O) groups is 3. The van der Waals surface area contributed by atoms with E-state index in [0.717, 1.165) is 24.1 Å². The fraction of sp³-hybridized carbons (Fsp3) is 0.250. The van der Waals surface area contributed by atoms with E-state index in [9.17, 15) is 14.4 Å². The lowest BCUT2D eigenvalue weighted by Gasteiger charge is -2.29. The largest absolute Gasteiger partial charge is 0.484 e. The molecule has 7 heteroatoms. The first-order chi connectivity index (χ1) is 13.0. The van der Waals surface area contributed by atoms with Crippen molar-refractivity contribution in [3.63, 3.8) is 0 Å². The Bertz CT molecular complexity index is 848. The van der Waals surface area contributed by atoms with Gasteiger partial charge in [0.05, 0.1) is 5.56 Å². The van der Waals surface area contributed by atoms with Gasteiger partial charge in [-0.3, -0.25) is 9.59 Å². The van der Waals surface area contributed by atoms with Crippen molar-refractivity contribution in [1.82, 2.24) is 0 Å². The second-order valence-corrected chi connectivity index (χ2v) is 6.13. The minimum absolute atomic E-state index is 0.240. The third kappa shape index (κ3) is 4.63. The molecule has 0 radical (unpaired) electrons. The summed E-state index contributed by atoms with van der Waals surface area (Å²) in [6.07, 6.45) is 1.81. The number of nitrogens with zero attached hydrogens (tertiary/aromatic N) is 1. The van der Waals surface area contributed by atoms with Gasteiger partial charge in [-0.2, -0.15) is 0 Å². The molecule has 0 saturated heterocycles.